The van der Waals surface area contributed by atoms with Crippen molar-refractivity contribution in [2.24, 2.45) is 7.05 Å². The molecule has 0 radical (unpaired) electrons. The van der Waals surface area contributed by atoms with Crippen molar-refractivity contribution < 1.29 is 9.53 Å². The van der Waals surface area contributed by atoms with E-state index in [1.54, 1.807) is 19.3 Å². The lowest BCUT2D eigenvalue weighted by molar-refractivity contribution is -0.143. The smallest absolute Gasteiger partial charge is 0.255 e. The summed E-state index contributed by atoms with van der Waals surface area (Å²) in [5.41, 5.74) is 0.897. The fourth-order valence-corrected chi connectivity index (χ4v) is 3.51. The van der Waals surface area contributed by atoms with Crippen molar-refractivity contribution in [2.75, 3.05) is 37.7 Å². The summed E-state index contributed by atoms with van der Waals surface area (Å²) in [7, 11) is 1.68. The quantitative estimate of drug-likeness (QED) is 0.754. The Kier molecular flexibility index (Phi) is 4.85. The maximum Gasteiger partial charge on any atom is 0.255 e. The molecule has 0 saturated carbocycles. The Morgan fingerprint density at radius 1 is 1.22 bits per heavy atom. The van der Waals surface area contributed by atoms with Crippen LogP contribution in [0.3, 0.4) is 0 Å². The predicted molar refractivity (Wildman–Crippen MR) is 98.3 cm³/mol. The molecular weight excluding hydrogens is 348 g/mol. The van der Waals surface area contributed by atoms with Crippen LogP contribution in [-0.4, -0.2) is 69.2 Å². The summed E-state index contributed by atoms with van der Waals surface area (Å²) in [6.45, 7) is 2.94. The number of hydrogen-bond donors (Lipinski definition) is 0. The number of amides is 1. The lowest BCUT2D eigenvalue weighted by atomic mass is 10.2. The molecule has 2 aromatic heterocycles. The van der Waals surface area contributed by atoms with Gasteiger partial charge in [0.15, 0.2) is 6.10 Å². The highest BCUT2D eigenvalue weighted by Crippen LogP contribution is 2.20. The lowest BCUT2D eigenvalue weighted by Gasteiger charge is -2.35. The third-order valence-corrected chi connectivity index (χ3v) is 5.00. The Bertz CT molecular complexity index is 878. The summed E-state index contributed by atoms with van der Waals surface area (Å²) in [4.78, 5) is 41.6. The van der Waals surface area contributed by atoms with Crippen molar-refractivity contribution in [3.8, 4) is 11.4 Å². The molecule has 0 aromatic carbocycles. The van der Waals surface area contributed by atoms with Crippen molar-refractivity contribution in [2.45, 2.75) is 18.9 Å². The van der Waals surface area contributed by atoms with E-state index in [1.165, 1.54) is 17.0 Å². The summed E-state index contributed by atoms with van der Waals surface area (Å²) in [6, 6.07) is 3.17. The van der Waals surface area contributed by atoms with Gasteiger partial charge in [0.2, 0.25) is 5.95 Å². The number of hydrogen-bond acceptors (Lipinski definition) is 7. The number of morpholine rings is 1. The van der Waals surface area contributed by atoms with Gasteiger partial charge in [-0.2, -0.15) is 0 Å². The molecule has 9 nitrogen and oxygen atoms in total. The van der Waals surface area contributed by atoms with Crippen LogP contribution in [0, 0.1) is 0 Å². The first-order valence-corrected chi connectivity index (χ1v) is 9.13. The van der Waals surface area contributed by atoms with Crippen molar-refractivity contribution in [3.05, 3.63) is 35.0 Å². The van der Waals surface area contributed by atoms with Crippen molar-refractivity contribution >= 4 is 11.9 Å². The molecule has 1 atom stereocenters. The first-order chi connectivity index (χ1) is 13.1. The average molecular weight is 370 g/mol. The van der Waals surface area contributed by atoms with Gasteiger partial charge in [-0.3, -0.25) is 14.2 Å². The molecule has 2 fully saturated rings. The zero-order valence-electron chi connectivity index (χ0n) is 15.2. The van der Waals surface area contributed by atoms with E-state index in [-0.39, 0.29) is 11.5 Å². The maximum atomic E-state index is 12.7. The van der Waals surface area contributed by atoms with Crippen LogP contribution in [0.5, 0.6) is 0 Å². The summed E-state index contributed by atoms with van der Waals surface area (Å²) in [6.07, 6.45) is 4.59. The Labute approximate surface area is 156 Å². The molecule has 0 aliphatic carbocycles. The summed E-state index contributed by atoms with van der Waals surface area (Å²) in [5, 5.41) is 0. The molecule has 0 N–H and O–H groups in total. The largest absolute Gasteiger partial charge is 0.365 e. The second-order valence-corrected chi connectivity index (χ2v) is 6.77. The molecule has 2 saturated heterocycles. The number of nitrogens with zero attached hydrogens (tertiary/aromatic N) is 6. The Hall–Kier alpha value is -2.81. The summed E-state index contributed by atoms with van der Waals surface area (Å²) >= 11 is 0. The first-order valence-electron chi connectivity index (χ1n) is 9.13. The number of rotatable bonds is 3. The van der Waals surface area contributed by atoms with Gasteiger partial charge in [-0.15, -0.1) is 0 Å². The molecule has 2 aliphatic rings. The highest BCUT2D eigenvalue weighted by molar-refractivity contribution is 5.82. The number of carbonyl (C=O) groups excluding carboxylic acids is 1. The highest BCUT2D eigenvalue weighted by atomic mass is 16.5. The van der Waals surface area contributed by atoms with E-state index < -0.39 is 6.10 Å². The van der Waals surface area contributed by atoms with Crippen LogP contribution in [0.4, 0.5) is 5.95 Å². The first kappa shape index (κ1) is 17.6. The van der Waals surface area contributed by atoms with E-state index in [1.807, 2.05) is 9.80 Å². The molecular formula is C18H22N6O3. The minimum atomic E-state index is -0.531. The molecule has 1 unspecified atom stereocenters. The van der Waals surface area contributed by atoms with E-state index in [4.69, 9.17) is 4.74 Å². The molecule has 142 valence electrons. The molecule has 0 bridgehead atoms. The molecule has 2 aromatic rings. The molecule has 1 amide bonds. The third kappa shape index (κ3) is 3.55. The zero-order valence-corrected chi connectivity index (χ0v) is 15.2. The molecule has 0 spiro atoms. The summed E-state index contributed by atoms with van der Waals surface area (Å²) < 4.78 is 7.21. The van der Waals surface area contributed by atoms with Crippen LogP contribution in [0.15, 0.2) is 29.5 Å². The molecule has 9 heteroatoms. The van der Waals surface area contributed by atoms with Gasteiger partial charge in [0, 0.05) is 38.9 Å². The highest BCUT2D eigenvalue weighted by Gasteiger charge is 2.32. The van der Waals surface area contributed by atoms with Crippen molar-refractivity contribution in [3.63, 3.8) is 0 Å². The van der Waals surface area contributed by atoms with Crippen LogP contribution in [0.1, 0.15) is 12.8 Å². The topological polar surface area (TPSA) is 93.4 Å². The molecule has 27 heavy (non-hydrogen) atoms. The van der Waals surface area contributed by atoms with Crippen molar-refractivity contribution in [1.29, 1.82) is 0 Å². The van der Waals surface area contributed by atoms with E-state index in [2.05, 4.69) is 15.0 Å². The van der Waals surface area contributed by atoms with Crippen LogP contribution >= 0.6 is 0 Å². The monoisotopic (exact) mass is 370 g/mol. The SMILES string of the molecule is Cn1c(N2CCOC(C(=O)N3CCCC3)C2)nc(-c2ccncn2)cc1=O. The predicted octanol–water partition coefficient (Wildman–Crippen LogP) is 0.0649. The number of likely N-dealkylation sites (tertiary alicyclic amines) is 1. The van der Waals surface area contributed by atoms with Crippen LogP contribution in [0.25, 0.3) is 11.4 Å². The fourth-order valence-electron chi connectivity index (χ4n) is 3.51. The number of ether oxygens (including phenoxy) is 1. The Balaban J connectivity index is 1.61. The Morgan fingerprint density at radius 3 is 2.78 bits per heavy atom. The third-order valence-electron chi connectivity index (χ3n) is 5.00. The van der Waals surface area contributed by atoms with E-state index in [0.717, 1.165) is 25.9 Å². The second kappa shape index (κ2) is 7.43. The lowest BCUT2D eigenvalue weighted by Crippen LogP contribution is -2.51. The van der Waals surface area contributed by atoms with Crippen LogP contribution < -0.4 is 10.5 Å². The fraction of sp³-hybridized carbons (Fsp3) is 0.500. The number of anilines is 1. The van der Waals surface area contributed by atoms with Gasteiger partial charge in [-0.1, -0.05) is 0 Å². The minimum Gasteiger partial charge on any atom is -0.365 e. The molecule has 4 rings (SSSR count). The zero-order chi connectivity index (χ0) is 18.8. The van der Waals surface area contributed by atoms with Gasteiger partial charge in [-0.05, 0) is 18.9 Å². The molecule has 2 aliphatic heterocycles. The standard InChI is InChI=1S/C18H22N6O3/c1-22-16(25)10-14(13-4-5-19-12-20-13)21-18(22)24-8-9-27-15(11-24)17(26)23-6-2-3-7-23/h4-5,10,12,15H,2-3,6-9,11H2,1H3. The number of carbonyl (C=O) groups is 1. The van der Waals surface area contributed by atoms with E-state index in [9.17, 15) is 9.59 Å². The second-order valence-electron chi connectivity index (χ2n) is 6.77. The average Bonchev–Trinajstić information content (AvgIpc) is 3.25. The number of aromatic nitrogens is 4. The molecule has 4 heterocycles. The van der Waals surface area contributed by atoms with Gasteiger partial charge in [0.1, 0.15) is 6.33 Å². The van der Waals surface area contributed by atoms with Gasteiger partial charge in [0.25, 0.3) is 11.5 Å². The Morgan fingerprint density at radius 2 is 2.04 bits per heavy atom. The van der Waals surface area contributed by atoms with Gasteiger partial charge in [0.05, 0.1) is 24.5 Å². The van der Waals surface area contributed by atoms with E-state index in [0.29, 0.717) is 37.0 Å². The van der Waals surface area contributed by atoms with Crippen LogP contribution in [-0.2, 0) is 16.6 Å². The maximum absolute atomic E-state index is 12.7. The summed E-state index contributed by atoms with van der Waals surface area (Å²) in [5.74, 6) is 0.535. The van der Waals surface area contributed by atoms with Gasteiger partial charge in [-0.25, -0.2) is 15.0 Å². The van der Waals surface area contributed by atoms with Gasteiger partial charge >= 0.3 is 0 Å². The van der Waals surface area contributed by atoms with Crippen molar-refractivity contribution in [1.82, 2.24) is 24.4 Å². The van der Waals surface area contributed by atoms with E-state index >= 15 is 0 Å². The minimum absolute atomic E-state index is 0.0224. The normalized spacial score (nSPS) is 20.1. The van der Waals surface area contributed by atoms with Gasteiger partial charge < -0.3 is 14.5 Å². The van der Waals surface area contributed by atoms with Crippen LogP contribution in [0.2, 0.25) is 0 Å².